The highest BCUT2D eigenvalue weighted by molar-refractivity contribution is 7.91. The molecular weight excluding hydrogens is 416 g/mol. The summed E-state index contributed by atoms with van der Waals surface area (Å²) < 4.78 is 29.4. The number of unbranched alkanes of at least 4 members (excludes halogenated alkanes) is 1. The zero-order valence-electron chi connectivity index (χ0n) is 16.3. The number of amides is 1. The minimum Gasteiger partial charge on any atom is -0.504 e. The normalized spacial score (nSPS) is 12.2. The number of hydrogen-bond acceptors (Lipinski definition) is 9. The fraction of sp³-hybridized carbons (Fsp3) is 0.389. The van der Waals surface area contributed by atoms with Crippen LogP contribution in [-0.2, 0) is 16.4 Å². The topological polar surface area (TPSA) is 186 Å². The van der Waals surface area contributed by atoms with Crippen molar-refractivity contribution in [3.8, 4) is 23.3 Å². The van der Waals surface area contributed by atoms with E-state index in [-0.39, 0.29) is 29.3 Å². The molecule has 0 saturated carbocycles. The Morgan fingerprint density at radius 3 is 2.60 bits per heavy atom. The van der Waals surface area contributed by atoms with E-state index in [9.17, 15) is 28.5 Å². The number of hydrogen-bond donors (Lipinski definition) is 5. The van der Waals surface area contributed by atoms with Crippen LogP contribution in [0.4, 0.5) is 6.01 Å². The number of nitriles is 1. The summed E-state index contributed by atoms with van der Waals surface area (Å²) in [6, 6.07) is 2.09. The number of aromatic hydroxyl groups is 3. The molecule has 2 aromatic rings. The summed E-state index contributed by atoms with van der Waals surface area (Å²) >= 11 is 0. The van der Waals surface area contributed by atoms with Crippen molar-refractivity contribution in [2.45, 2.75) is 38.6 Å². The summed E-state index contributed by atoms with van der Waals surface area (Å²) in [6.07, 6.45) is 4.05. The molecule has 11 nitrogen and oxygen atoms in total. The molecule has 0 bridgehead atoms. The first-order valence-electron chi connectivity index (χ1n) is 8.96. The van der Waals surface area contributed by atoms with Crippen molar-refractivity contribution >= 4 is 21.9 Å². The Kier molecular flexibility index (Phi) is 7.12. The molecule has 1 unspecified atom stereocenters. The maximum absolute atomic E-state index is 12.5. The summed E-state index contributed by atoms with van der Waals surface area (Å²) in [4.78, 5) is 16.3. The van der Waals surface area contributed by atoms with Crippen molar-refractivity contribution in [2.24, 2.45) is 0 Å². The van der Waals surface area contributed by atoms with E-state index in [0.29, 0.717) is 6.42 Å². The predicted octanol–water partition coefficient (Wildman–Crippen LogP) is 1.57. The Bertz CT molecular complexity index is 1070. The molecule has 30 heavy (non-hydrogen) atoms. The number of anilines is 1. The number of aromatic nitrogens is 1. The van der Waals surface area contributed by atoms with Gasteiger partial charge < -0.3 is 25.1 Å². The second-order valence-electron chi connectivity index (χ2n) is 6.67. The van der Waals surface area contributed by atoms with Crippen molar-refractivity contribution in [3.63, 3.8) is 0 Å². The number of benzene rings is 1. The van der Waals surface area contributed by atoms with Crippen LogP contribution < -0.4 is 10.0 Å². The SMILES string of the molecule is CCCCC(Cc1cc(C#N)c(O)c(O)c1O)NC(=O)c1coc(NS(C)(=O)=O)n1. The molecule has 162 valence electrons. The Balaban J connectivity index is 2.22. The Labute approximate surface area is 173 Å². The number of phenols is 3. The molecular formula is C18H22N4O7S. The van der Waals surface area contributed by atoms with Crippen LogP contribution in [0.3, 0.4) is 0 Å². The molecule has 1 aromatic carbocycles. The molecule has 5 N–H and O–H groups in total. The van der Waals surface area contributed by atoms with E-state index in [2.05, 4.69) is 10.3 Å². The number of carbonyl (C=O) groups excluding carboxylic acids is 1. The van der Waals surface area contributed by atoms with Crippen molar-refractivity contribution in [1.29, 1.82) is 5.26 Å². The average Bonchev–Trinajstić information content (AvgIpc) is 3.13. The summed E-state index contributed by atoms with van der Waals surface area (Å²) in [5.74, 6) is -2.74. The highest BCUT2D eigenvalue weighted by Gasteiger charge is 2.22. The van der Waals surface area contributed by atoms with Gasteiger partial charge in [0.2, 0.25) is 15.8 Å². The van der Waals surface area contributed by atoms with Gasteiger partial charge in [-0.05, 0) is 18.9 Å². The number of rotatable bonds is 9. The monoisotopic (exact) mass is 438 g/mol. The van der Waals surface area contributed by atoms with Gasteiger partial charge in [0.15, 0.2) is 17.2 Å². The molecule has 12 heteroatoms. The number of nitrogens with one attached hydrogen (secondary N) is 2. The number of sulfonamides is 1. The minimum absolute atomic E-state index is 0.0619. The lowest BCUT2D eigenvalue weighted by molar-refractivity contribution is 0.0929. The maximum Gasteiger partial charge on any atom is 0.309 e. The number of nitrogens with zero attached hydrogens (tertiary/aromatic N) is 2. The van der Waals surface area contributed by atoms with Crippen molar-refractivity contribution in [1.82, 2.24) is 10.3 Å². The molecule has 1 atom stereocenters. The number of oxazole rings is 1. The van der Waals surface area contributed by atoms with Crippen LogP contribution in [0.1, 0.15) is 47.8 Å². The van der Waals surface area contributed by atoms with Crippen molar-refractivity contribution < 1.29 is 32.9 Å². The molecule has 0 radical (unpaired) electrons. The van der Waals surface area contributed by atoms with Gasteiger partial charge in [-0.3, -0.25) is 4.79 Å². The summed E-state index contributed by atoms with van der Waals surface area (Å²) in [7, 11) is -3.62. The molecule has 1 amide bonds. The van der Waals surface area contributed by atoms with Gasteiger partial charge in [0.1, 0.15) is 12.3 Å². The molecule has 0 aliphatic rings. The third kappa shape index (κ3) is 5.77. The van der Waals surface area contributed by atoms with Gasteiger partial charge in [-0.25, -0.2) is 13.1 Å². The highest BCUT2D eigenvalue weighted by Crippen LogP contribution is 2.40. The Morgan fingerprint density at radius 2 is 2.00 bits per heavy atom. The lowest BCUT2D eigenvalue weighted by Crippen LogP contribution is -2.36. The van der Waals surface area contributed by atoms with Gasteiger partial charge in [0.25, 0.3) is 5.91 Å². The van der Waals surface area contributed by atoms with Crippen LogP contribution in [0.15, 0.2) is 16.7 Å². The average molecular weight is 438 g/mol. The van der Waals surface area contributed by atoms with E-state index < -0.39 is 39.2 Å². The van der Waals surface area contributed by atoms with E-state index in [1.54, 1.807) is 6.07 Å². The van der Waals surface area contributed by atoms with Gasteiger partial charge in [0, 0.05) is 11.6 Å². The third-order valence-corrected chi connectivity index (χ3v) is 4.71. The molecule has 1 aromatic heterocycles. The van der Waals surface area contributed by atoms with E-state index in [4.69, 9.17) is 9.68 Å². The standard InChI is InChI=1S/C18H22N4O7S/c1-3-4-5-12(7-10-6-11(8-19)15(24)16(25)14(10)23)20-17(26)13-9-29-18(21-13)22-30(2,27)28/h6,9,12,23-25H,3-5,7H2,1-2H3,(H,20,26)(H,21,22). The second-order valence-corrected chi connectivity index (χ2v) is 8.42. The van der Waals surface area contributed by atoms with Crippen LogP contribution in [0.25, 0.3) is 0 Å². The van der Waals surface area contributed by atoms with Gasteiger partial charge in [-0.2, -0.15) is 10.2 Å². The quantitative estimate of drug-likeness (QED) is 0.362. The maximum atomic E-state index is 12.5. The zero-order valence-corrected chi connectivity index (χ0v) is 17.2. The van der Waals surface area contributed by atoms with Crippen LogP contribution >= 0.6 is 0 Å². The largest absolute Gasteiger partial charge is 0.504 e. The summed E-state index contributed by atoms with van der Waals surface area (Å²) in [6.45, 7) is 1.96. The fourth-order valence-electron chi connectivity index (χ4n) is 2.73. The first-order valence-corrected chi connectivity index (χ1v) is 10.9. The zero-order chi connectivity index (χ0) is 22.5. The second kappa shape index (κ2) is 9.36. The molecule has 0 fully saturated rings. The van der Waals surface area contributed by atoms with Crippen molar-refractivity contribution in [3.05, 3.63) is 29.2 Å². The smallest absolute Gasteiger partial charge is 0.309 e. The highest BCUT2D eigenvalue weighted by atomic mass is 32.2. The van der Waals surface area contributed by atoms with Crippen LogP contribution in [-0.4, -0.2) is 46.9 Å². The molecule has 0 aliphatic heterocycles. The van der Waals surface area contributed by atoms with Gasteiger partial charge in [-0.1, -0.05) is 19.8 Å². The first kappa shape index (κ1) is 22.8. The lowest BCUT2D eigenvalue weighted by Gasteiger charge is -2.19. The lowest BCUT2D eigenvalue weighted by atomic mass is 9.97. The van der Waals surface area contributed by atoms with E-state index in [1.165, 1.54) is 6.07 Å². The Hall–Kier alpha value is -3.46. The predicted molar refractivity (Wildman–Crippen MR) is 106 cm³/mol. The van der Waals surface area contributed by atoms with Crippen LogP contribution in [0.2, 0.25) is 0 Å². The van der Waals surface area contributed by atoms with E-state index in [0.717, 1.165) is 25.4 Å². The van der Waals surface area contributed by atoms with E-state index >= 15 is 0 Å². The molecule has 0 aliphatic carbocycles. The van der Waals surface area contributed by atoms with Gasteiger partial charge >= 0.3 is 6.01 Å². The number of carbonyl (C=O) groups is 1. The van der Waals surface area contributed by atoms with Gasteiger partial charge in [-0.15, -0.1) is 0 Å². The molecule has 1 heterocycles. The summed E-state index contributed by atoms with van der Waals surface area (Å²) in [5.41, 5.74) is -0.199. The Morgan fingerprint density at radius 1 is 1.30 bits per heavy atom. The minimum atomic E-state index is -3.62. The first-order chi connectivity index (χ1) is 14.1. The number of phenolic OH excluding ortho intramolecular Hbond substituents is 3. The third-order valence-electron chi connectivity index (χ3n) is 4.16. The molecule has 2 rings (SSSR count). The van der Waals surface area contributed by atoms with Crippen molar-refractivity contribution in [2.75, 3.05) is 11.0 Å². The van der Waals surface area contributed by atoms with Gasteiger partial charge in [0.05, 0.1) is 11.8 Å². The van der Waals surface area contributed by atoms with Crippen LogP contribution in [0.5, 0.6) is 17.2 Å². The van der Waals surface area contributed by atoms with Crippen LogP contribution in [0, 0.1) is 11.3 Å². The molecule has 0 spiro atoms. The summed E-state index contributed by atoms with van der Waals surface area (Å²) in [5, 5.41) is 41.4. The fourth-order valence-corrected chi connectivity index (χ4v) is 3.14. The van der Waals surface area contributed by atoms with E-state index in [1.807, 2.05) is 11.6 Å². The molecule has 0 saturated heterocycles.